The summed E-state index contributed by atoms with van der Waals surface area (Å²) in [4.78, 5) is 0. The summed E-state index contributed by atoms with van der Waals surface area (Å²) in [6.45, 7) is 0.414. The van der Waals surface area contributed by atoms with Gasteiger partial charge in [-0.2, -0.15) is 0 Å². The lowest BCUT2D eigenvalue weighted by Crippen LogP contribution is -2.25. The fourth-order valence-corrected chi connectivity index (χ4v) is 4.43. The van der Waals surface area contributed by atoms with Crippen LogP contribution in [0.2, 0.25) is 5.02 Å². The molecule has 0 spiro atoms. The molecule has 38 heavy (non-hydrogen) atoms. The Morgan fingerprint density at radius 2 is 1.61 bits per heavy atom. The van der Waals surface area contributed by atoms with E-state index in [0.717, 1.165) is 33.6 Å². The molecule has 1 aliphatic heterocycles. The molecule has 190 valence electrons. The van der Waals surface area contributed by atoms with E-state index in [4.69, 9.17) is 25.8 Å². The number of rotatable bonds is 8. The van der Waals surface area contributed by atoms with Crippen LogP contribution in [0.15, 0.2) is 120 Å². The molecule has 1 fully saturated rings. The molecule has 0 radical (unpaired) electrons. The fraction of sp³-hybridized carbons (Fsp3) is 0.0938. The van der Waals surface area contributed by atoms with Crippen LogP contribution >= 0.6 is 11.6 Å². The highest BCUT2D eigenvalue weighted by Crippen LogP contribution is 2.40. The maximum absolute atomic E-state index is 9.98. The van der Waals surface area contributed by atoms with E-state index in [2.05, 4.69) is 5.16 Å². The topological polar surface area (TPSA) is 60.3 Å². The molecule has 0 atom stereocenters. The van der Waals surface area contributed by atoms with Crippen LogP contribution in [0.25, 0.3) is 11.6 Å². The first-order chi connectivity index (χ1) is 18.7. The normalized spacial score (nSPS) is 16.1. The number of hydrogen-bond acceptors (Lipinski definition) is 5. The minimum Gasteiger partial charge on any atom is -0.497 e. The highest BCUT2D eigenvalue weighted by atomic mass is 35.5. The van der Waals surface area contributed by atoms with Gasteiger partial charge in [0, 0.05) is 22.6 Å². The van der Waals surface area contributed by atoms with E-state index in [0.29, 0.717) is 41.0 Å². The highest BCUT2D eigenvalue weighted by molar-refractivity contribution is 6.31. The zero-order valence-corrected chi connectivity index (χ0v) is 21.6. The average Bonchev–Trinajstić information content (AvgIpc) is 2.95. The van der Waals surface area contributed by atoms with Crippen molar-refractivity contribution < 1.29 is 19.4 Å². The van der Waals surface area contributed by atoms with Crippen LogP contribution in [0.5, 0.6) is 11.5 Å². The van der Waals surface area contributed by atoms with Crippen molar-refractivity contribution in [3.05, 3.63) is 142 Å². The Hall–Kier alpha value is -4.48. The predicted molar refractivity (Wildman–Crippen MR) is 151 cm³/mol. The van der Waals surface area contributed by atoms with Crippen LogP contribution in [0.3, 0.4) is 0 Å². The van der Waals surface area contributed by atoms with E-state index in [1.54, 1.807) is 7.11 Å². The Kier molecular flexibility index (Phi) is 7.76. The van der Waals surface area contributed by atoms with E-state index < -0.39 is 0 Å². The lowest BCUT2D eigenvalue weighted by atomic mass is 9.92. The second-order valence-corrected chi connectivity index (χ2v) is 9.09. The lowest BCUT2D eigenvalue weighted by molar-refractivity contribution is 0.275. The van der Waals surface area contributed by atoms with Gasteiger partial charge in [-0.1, -0.05) is 95.6 Å². The molecule has 1 saturated heterocycles. The molecule has 0 bridgehead atoms. The van der Waals surface area contributed by atoms with Gasteiger partial charge in [0.05, 0.1) is 7.11 Å². The highest BCUT2D eigenvalue weighted by Gasteiger charge is 2.34. The van der Waals surface area contributed by atoms with Gasteiger partial charge in [0.2, 0.25) is 0 Å². The molecular weight excluding hydrogens is 498 g/mol. The van der Waals surface area contributed by atoms with E-state index in [-0.39, 0.29) is 0 Å². The SMILES string of the molecule is COc1ccc(\C=C2/OC(=C(/Cc3ccccc3Cl)c3ccccc3OCc3ccccc3)/C2=N/O)cc1. The van der Waals surface area contributed by atoms with Crippen molar-refractivity contribution in [3.8, 4) is 11.5 Å². The maximum Gasteiger partial charge on any atom is 0.187 e. The standard InChI is InChI=1S/C32H26ClNO4/c1-36-25-17-15-22(16-18-25)19-30-31(34-35)32(38-30)27(20-24-11-5-7-13-28(24)33)26-12-6-8-14-29(26)37-21-23-9-3-2-4-10-23/h2-19,35H,20-21H2,1H3/b30-19-,32-27-,34-31+. The number of oxime groups is 1. The quantitative estimate of drug-likeness (QED) is 0.189. The molecule has 6 heteroatoms. The Morgan fingerprint density at radius 1 is 0.895 bits per heavy atom. The number of allylic oxidation sites excluding steroid dienone is 1. The maximum atomic E-state index is 9.98. The summed E-state index contributed by atoms with van der Waals surface area (Å²) in [5, 5.41) is 14.2. The summed E-state index contributed by atoms with van der Waals surface area (Å²) in [7, 11) is 1.62. The van der Waals surface area contributed by atoms with Crippen molar-refractivity contribution in [2.45, 2.75) is 13.0 Å². The first kappa shape index (κ1) is 25.2. The minimum absolute atomic E-state index is 0.362. The summed E-state index contributed by atoms with van der Waals surface area (Å²) in [5.74, 6) is 2.39. The molecule has 5 rings (SSSR count). The van der Waals surface area contributed by atoms with Crippen LogP contribution < -0.4 is 9.47 Å². The Morgan fingerprint density at radius 3 is 2.34 bits per heavy atom. The van der Waals surface area contributed by atoms with Crippen LogP contribution in [-0.2, 0) is 17.8 Å². The molecule has 5 nitrogen and oxygen atoms in total. The summed E-state index contributed by atoms with van der Waals surface area (Å²) in [6.07, 6.45) is 2.28. The van der Waals surface area contributed by atoms with Gasteiger partial charge in [0.15, 0.2) is 17.2 Å². The van der Waals surface area contributed by atoms with Gasteiger partial charge in [-0.15, -0.1) is 0 Å². The second kappa shape index (κ2) is 11.7. The van der Waals surface area contributed by atoms with E-state index in [9.17, 15) is 5.21 Å². The van der Waals surface area contributed by atoms with Crippen molar-refractivity contribution >= 4 is 29.0 Å². The first-order valence-corrected chi connectivity index (χ1v) is 12.5. The molecule has 0 unspecified atom stereocenters. The fourth-order valence-electron chi connectivity index (χ4n) is 4.23. The van der Waals surface area contributed by atoms with Gasteiger partial charge >= 0.3 is 0 Å². The number of nitrogens with zero attached hydrogens (tertiary/aromatic N) is 1. The summed E-state index contributed by atoms with van der Waals surface area (Å²) in [5.41, 5.74) is 4.87. The van der Waals surface area contributed by atoms with Gasteiger partial charge in [-0.05, 0) is 47.0 Å². The average molecular weight is 524 g/mol. The van der Waals surface area contributed by atoms with Crippen molar-refractivity contribution in [1.82, 2.24) is 0 Å². The molecule has 1 aliphatic rings. The Labute approximate surface area is 226 Å². The third-order valence-corrected chi connectivity index (χ3v) is 6.59. The summed E-state index contributed by atoms with van der Waals surface area (Å²) >= 11 is 6.54. The Bertz CT molecular complexity index is 1510. The van der Waals surface area contributed by atoms with Gasteiger partial charge < -0.3 is 19.4 Å². The third-order valence-electron chi connectivity index (χ3n) is 6.22. The van der Waals surface area contributed by atoms with Crippen molar-refractivity contribution in [2.75, 3.05) is 7.11 Å². The monoisotopic (exact) mass is 523 g/mol. The van der Waals surface area contributed by atoms with Gasteiger partial charge in [-0.25, -0.2) is 0 Å². The van der Waals surface area contributed by atoms with Gasteiger partial charge in [-0.3, -0.25) is 0 Å². The number of benzene rings is 4. The van der Waals surface area contributed by atoms with Crippen molar-refractivity contribution in [2.24, 2.45) is 5.16 Å². The minimum atomic E-state index is 0.362. The molecule has 4 aromatic rings. The van der Waals surface area contributed by atoms with Crippen molar-refractivity contribution in [3.63, 3.8) is 0 Å². The van der Waals surface area contributed by atoms with Gasteiger partial charge in [0.1, 0.15) is 18.1 Å². The molecule has 0 aliphatic carbocycles. The molecule has 0 saturated carbocycles. The molecule has 1 heterocycles. The van der Waals surface area contributed by atoms with E-state index in [1.807, 2.05) is 109 Å². The number of methoxy groups -OCH3 is 1. The number of para-hydroxylation sites is 1. The largest absolute Gasteiger partial charge is 0.497 e. The molecule has 0 amide bonds. The predicted octanol–water partition coefficient (Wildman–Crippen LogP) is 7.78. The van der Waals surface area contributed by atoms with Crippen molar-refractivity contribution in [1.29, 1.82) is 0 Å². The zero-order valence-electron chi connectivity index (χ0n) is 20.8. The lowest BCUT2D eigenvalue weighted by Gasteiger charge is -2.28. The van der Waals surface area contributed by atoms with E-state index in [1.165, 1.54) is 0 Å². The smallest absolute Gasteiger partial charge is 0.187 e. The summed E-state index contributed by atoms with van der Waals surface area (Å²) < 4.78 is 17.7. The molecular formula is C32H26ClNO4. The summed E-state index contributed by atoms with van der Waals surface area (Å²) in [6, 6.07) is 33.0. The molecule has 0 aromatic heterocycles. The molecule has 4 aromatic carbocycles. The second-order valence-electron chi connectivity index (χ2n) is 8.68. The number of hydrogen-bond donors (Lipinski definition) is 1. The number of halogens is 1. The van der Waals surface area contributed by atoms with E-state index >= 15 is 0 Å². The Balaban J connectivity index is 1.53. The van der Waals surface area contributed by atoms with Gasteiger partial charge in [0.25, 0.3) is 0 Å². The van der Waals surface area contributed by atoms with Crippen LogP contribution in [0, 0.1) is 0 Å². The number of ether oxygens (including phenoxy) is 3. The van der Waals surface area contributed by atoms with Crippen LogP contribution in [0.1, 0.15) is 22.3 Å². The van der Waals surface area contributed by atoms with Crippen LogP contribution in [-0.4, -0.2) is 18.0 Å². The first-order valence-electron chi connectivity index (χ1n) is 12.2. The third kappa shape index (κ3) is 5.58. The van der Waals surface area contributed by atoms with Crippen LogP contribution in [0.4, 0.5) is 0 Å². The zero-order chi connectivity index (χ0) is 26.3. The molecule has 1 N–H and O–H groups in total.